The van der Waals surface area contributed by atoms with Crippen LogP contribution in [0.3, 0.4) is 0 Å². The molecule has 18 heavy (non-hydrogen) atoms. The van der Waals surface area contributed by atoms with Crippen LogP contribution >= 0.6 is 0 Å². The van der Waals surface area contributed by atoms with Crippen molar-refractivity contribution in [2.24, 2.45) is 5.92 Å². The molecule has 0 spiro atoms. The van der Waals surface area contributed by atoms with E-state index in [1.54, 1.807) is 6.20 Å². The zero-order valence-corrected chi connectivity index (χ0v) is 10.1. The summed E-state index contributed by atoms with van der Waals surface area (Å²) < 4.78 is 2.09. The van der Waals surface area contributed by atoms with Gasteiger partial charge in [0, 0.05) is 24.5 Å². The van der Waals surface area contributed by atoms with E-state index in [4.69, 9.17) is 0 Å². The van der Waals surface area contributed by atoms with Crippen molar-refractivity contribution in [1.29, 1.82) is 0 Å². The topological polar surface area (TPSA) is 55.6 Å². The molecule has 0 amide bonds. The fourth-order valence-electron chi connectivity index (χ4n) is 3.09. The Bertz CT molecular complexity index is 562. The number of hydrogen-bond donors (Lipinski definition) is 1. The first-order chi connectivity index (χ1) is 8.92. The molecule has 2 aromatic rings. The van der Waals surface area contributed by atoms with Crippen molar-refractivity contribution in [3.63, 3.8) is 0 Å². The lowest BCUT2D eigenvalue weighted by molar-refractivity contribution is 0.346. The SMILES string of the molecule is c1cncc(-c2nc3n(n2)C2CCCC2CN3)c1. The van der Waals surface area contributed by atoms with E-state index in [1.165, 1.54) is 19.3 Å². The van der Waals surface area contributed by atoms with Crippen LogP contribution in [0.1, 0.15) is 25.3 Å². The number of hydrogen-bond acceptors (Lipinski definition) is 4. The lowest BCUT2D eigenvalue weighted by atomic mass is 10.0. The Hall–Kier alpha value is -1.91. The standard InChI is InChI=1S/C13H15N5/c1-3-9-8-15-13-16-12(10-4-2-6-14-7-10)17-18(13)11(9)5-1/h2,4,6-7,9,11H,1,3,5,8H2,(H,15,16,17). The Balaban J connectivity index is 1.77. The van der Waals surface area contributed by atoms with E-state index in [1.807, 2.05) is 18.3 Å². The van der Waals surface area contributed by atoms with Crippen LogP contribution in [0.5, 0.6) is 0 Å². The first-order valence-corrected chi connectivity index (χ1v) is 6.52. The predicted octanol–water partition coefficient (Wildman–Crippen LogP) is 2.11. The molecule has 4 rings (SSSR count). The number of anilines is 1. The van der Waals surface area contributed by atoms with E-state index in [9.17, 15) is 0 Å². The fraction of sp³-hybridized carbons (Fsp3) is 0.462. The maximum Gasteiger partial charge on any atom is 0.221 e. The van der Waals surface area contributed by atoms with Gasteiger partial charge >= 0.3 is 0 Å². The summed E-state index contributed by atoms with van der Waals surface area (Å²) in [4.78, 5) is 8.71. The zero-order valence-electron chi connectivity index (χ0n) is 10.1. The second kappa shape index (κ2) is 3.80. The number of aromatic nitrogens is 4. The van der Waals surface area contributed by atoms with Crippen LogP contribution in [0, 0.1) is 5.92 Å². The van der Waals surface area contributed by atoms with Crippen LogP contribution in [-0.2, 0) is 0 Å². The van der Waals surface area contributed by atoms with Crippen molar-refractivity contribution in [3.05, 3.63) is 24.5 Å². The molecule has 1 N–H and O–H groups in total. The molecule has 3 heterocycles. The second-order valence-electron chi connectivity index (χ2n) is 5.08. The van der Waals surface area contributed by atoms with Crippen molar-refractivity contribution in [2.75, 3.05) is 11.9 Å². The molecule has 1 aliphatic carbocycles. The first kappa shape index (κ1) is 10.1. The third kappa shape index (κ3) is 1.43. The van der Waals surface area contributed by atoms with Crippen molar-refractivity contribution in [3.8, 4) is 11.4 Å². The van der Waals surface area contributed by atoms with Gasteiger partial charge in [-0.15, -0.1) is 5.10 Å². The van der Waals surface area contributed by atoms with Gasteiger partial charge in [0.15, 0.2) is 5.82 Å². The van der Waals surface area contributed by atoms with E-state index in [0.717, 1.165) is 29.8 Å². The summed E-state index contributed by atoms with van der Waals surface area (Å²) in [6, 6.07) is 4.46. The quantitative estimate of drug-likeness (QED) is 0.830. The summed E-state index contributed by atoms with van der Waals surface area (Å²) in [5.41, 5.74) is 0.982. The molecule has 0 aromatic carbocycles. The van der Waals surface area contributed by atoms with Crippen LogP contribution in [0.2, 0.25) is 0 Å². The Kier molecular flexibility index (Phi) is 2.12. The third-order valence-electron chi connectivity index (χ3n) is 4.01. The monoisotopic (exact) mass is 241 g/mol. The summed E-state index contributed by atoms with van der Waals surface area (Å²) in [7, 11) is 0. The van der Waals surface area contributed by atoms with Crippen LogP contribution in [0.15, 0.2) is 24.5 Å². The number of fused-ring (bicyclic) bond motifs is 3. The third-order valence-corrected chi connectivity index (χ3v) is 4.01. The Labute approximate surface area is 105 Å². The lowest BCUT2D eigenvalue weighted by Crippen LogP contribution is -2.29. The highest BCUT2D eigenvalue weighted by molar-refractivity contribution is 5.55. The molecule has 1 fully saturated rings. The molecule has 5 nitrogen and oxygen atoms in total. The van der Waals surface area contributed by atoms with Crippen LogP contribution in [0.25, 0.3) is 11.4 Å². The van der Waals surface area contributed by atoms with Gasteiger partial charge in [-0.05, 0) is 30.9 Å². The number of nitrogens with one attached hydrogen (secondary N) is 1. The number of nitrogens with zero attached hydrogens (tertiary/aromatic N) is 4. The number of pyridine rings is 1. The lowest BCUT2D eigenvalue weighted by Gasteiger charge is -2.26. The van der Waals surface area contributed by atoms with Gasteiger partial charge in [0.05, 0.1) is 6.04 Å². The number of rotatable bonds is 1. The van der Waals surface area contributed by atoms with Gasteiger partial charge in [0.2, 0.25) is 5.95 Å². The Morgan fingerprint density at radius 1 is 1.33 bits per heavy atom. The minimum absolute atomic E-state index is 0.541. The van der Waals surface area contributed by atoms with E-state index in [-0.39, 0.29) is 0 Å². The normalized spacial score (nSPS) is 25.3. The molecule has 0 saturated heterocycles. The molecule has 2 unspecified atom stereocenters. The van der Waals surface area contributed by atoms with Crippen molar-refractivity contribution >= 4 is 5.95 Å². The molecule has 2 aliphatic rings. The van der Waals surface area contributed by atoms with E-state index in [0.29, 0.717) is 6.04 Å². The highest BCUT2D eigenvalue weighted by atomic mass is 15.4. The largest absolute Gasteiger partial charge is 0.354 e. The first-order valence-electron chi connectivity index (χ1n) is 6.52. The highest BCUT2D eigenvalue weighted by Crippen LogP contribution is 2.40. The summed E-state index contributed by atoms with van der Waals surface area (Å²) >= 11 is 0. The molecule has 0 bridgehead atoms. The molecular formula is C13H15N5. The Morgan fingerprint density at radius 2 is 2.33 bits per heavy atom. The molecule has 1 aliphatic heterocycles. The smallest absolute Gasteiger partial charge is 0.221 e. The zero-order chi connectivity index (χ0) is 11.9. The molecular weight excluding hydrogens is 226 g/mol. The molecule has 1 saturated carbocycles. The van der Waals surface area contributed by atoms with Crippen LogP contribution in [0.4, 0.5) is 5.95 Å². The molecule has 92 valence electrons. The molecule has 0 radical (unpaired) electrons. The summed E-state index contributed by atoms with van der Waals surface area (Å²) in [6.45, 7) is 1.04. The van der Waals surface area contributed by atoms with Gasteiger partial charge in [0.25, 0.3) is 0 Å². The van der Waals surface area contributed by atoms with Crippen molar-refractivity contribution in [1.82, 2.24) is 19.7 Å². The van der Waals surface area contributed by atoms with Crippen LogP contribution in [-0.4, -0.2) is 26.3 Å². The fourth-order valence-corrected chi connectivity index (χ4v) is 3.09. The summed E-state index contributed by atoms with van der Waals surface area (Å²) in [5.74, 6) is 2.41. The average Bonchev–Trinajstić information content (AvgIpc) is 3.05. The minimum Gasteiger partial charge on any atom is -0.354 e. The van der Waals surface area contributed by atoms with Gasteiger partial charge in [-0.25, -0.2) is 4.68 Å². The van der Waals surface area contributed by atoms with Gasteiger partial charge in [-0.1, -0.05) is 6.42 Å². The Morgan fingerprint density at radius 3 is 3.22 bits per heavy atom. The molecule has 2 atom stereocenters. The minimum atomic E-state index is 0.541. The van der Waals surface area contributed by atoms with E-state index >= 15 is 0 Å². The van der Waals surface area contributed by atoms with Crippen molar-refractivity contribution < 1.29 is 0 Å². The average molecular weight is 241 g/mol. The van der Waals surface area contributed by atoms with Crippen molar-refractivity contribution in [2.45, 2.75) is 25.3 Å². The second-order valence-corrected chi connectivity index (χ2v) is 5.08. The highest BCUT2D eigenvalue weighted by Gasteiger charge is 2.35. The van der Waals surface area contributed by atoms with Gasteiger partial charge < -0.3 is 5.32 Å². The maximum absolute atomic E-state index is 4.67. The van der Waals surface area contributed by atoms with Gasteiger partial charge in [-0.2, -0.15) is 4.98 Å². The van der Waals surface area contributed by atoms with E-state index in [2.05, 4.69) is 25.1 Å². The maximum atomic E-state index is 4.67. The summed E-state index contributed by atoms with van der Waals surface area (Å²) in [6.07, 6.45) is 7.42. The van der Waals surface area contributed by atoms with Crippen LogP contribution < -0.4 is 5.32 Å². The van der Waals surface area contributed by atoms with Gasteiger partial charge in [0.1, 0.15) is 0 Å². The molecule has 5 heteroatoms. The van der Waals surface area contributed by atoms with E-state index < -0.39 is 0 Å². The summed E-state index contributed by atoms with van der Waals surface area (Å²) in [5, 5.41) is 8.06. The van der Waals surface area contributed by atoms with Gasteiger partial charge in [-0.3, -0.25) is 4.98 Å². The molecule has 2 aromatic heterocycles. The predicted molar refractivity (Wildman–Crippen MR) is 68.1 cm³/mol.